The van der Waals surface area contributed by atoms with Crippen molar-refractivity contribution in [3.63, 3.8) is 0 Å². The van der Waals surface area contributed by atoms with Crippen molar-refractivity contribution in [2.24, 2.45) is 0 Å². The second kappa shape index (κ2) is 7.45. The van der Waals surface area contributed by atoms with Crippen LogP contribution >= 0.6 is 11.3 Å². The number of carbonyl (C=O) groups is 1. The molecule has 1 aromatic heterocycles. The van der Waals surface area contributed by atoms with Crippen molar-refractivity contribution < 1.29 is 9.53 Å². The molecule has 2 aromatic rings. The number of hydrogen-bond donors (Lipinski definition) is 0. The highest BCUT2D eigenvalue weighted by molar-refractivity contribution is 7.09. The van der Waals surface area contributed by atoms with Crippen LogP contribution in [0, 0.1) is 0 Å². The van der Waals surface area contributed by atoms with Crippen LogP contribution in [0.2, 0.25) is 0 Å². The van der Waals surface area contributed by atoms with Crippen LogP contribution in [0.1, 0.15) is 24.1 Å². The molecule has 3 nitrogen and oxygen atoms in total. The lowest BCUT2D eigenvalue weighted by molar-refractivity contribution is -0.133. The van der Waals surface area contributed by atoms with Crippen LogP contribution in [0.4, 0.5) is 0 Å². The highest BCUT2D eigenvalue weighted by Crippen LogP contribution is 2.19. The fraction of sp³-hybridized carbons (Fsp3) is 0.389. The number of aryl methyl sites for hydroxylation is 1. The van der Waals surface area contributed by atoms with E-state index in [1.165, 1.54) is 4.88 Å². The zero-order chi connectivity index (χ0) is 15.2. The van der Waals surface area contributed by atoms with Crippen molar-refractivity contribution in [2.75, 3.05) is 13.1 Å². The highest BCUT2D eigenvalue weighted by atomic mass is 32.1. The summed E-state index contributed by atoms with van der Waals surface area (Å²) in [6.45, 7) is 1.57. The number of hydrogen-bond acceptors (Lipinski definition) is 3. The van der Waals surface area contributed by atoms with Gasteiger partial charge in [-0.2, -0.15) is 0 Å². The fourth-order valence-electron chi connectivity index (χ4n) is 2.80. The Labute approximate surface area is 135 Å². The minimum absolute atomic E-state index is 0.113. The number of thiophene rings is 1. The molecule has 22 heavy (non-hydrogen) atoms. The van der Waals surface area contributed by atoms with E-state index in [0.29, 0.717) is 13.0 Å². The third-order valence-electron chi connectivity index (χ3n) is 3.94. The van der Waals surface area contributed by atoms with Crippen LogP contribution in [0.15, 0.2) is 47.8 Å². The first-order valence-electron chi connectivity index (χ1n) is 7.83. The van der Waals surface area contributed by atoms with E-state index in [4.69, 9.17) is 4.74 Å². The van der Waals surface area contributed by atoms with E-state index < -0.39 is 0 Å². The van der Waals surface area contributed by atoms with Gasteiger partial charge in [0.1, 0.15) is 11.9 Å². The van der Waals surface area contributed by atoms with Crippen molar-refractivity contribution in [3.05, 3.63) is 52.7 Å². The smallest absolute Gasteiger partial charge is 0.223 e. The molecule has 0 aliphatic carbocycles. The summed E-state index contributed by atoms with van der Waals surface area (Å²) in [7, 11) is 0. The minimum atomic E-state index is 0.113. The van der Waals surface area contributed by atoms with Gasteiger partial charge in [-0.15, -0.1) is 11.3 Å². The summed E-state index contributed by atoms with van der Waals surface area (Å²) in [5, 5.41) is 2.06. The van der Waals surface area contributed by atoms with E-state index in [-0.39, 0.29) is 12.0 Å². The summed E-state index contributed by atoms with van der Waals surface area (Å²) in [6, 6.07) is 14.0. The second-order valence-corrected chi connectivity index (χ2v) is 6.65. The Balaban J connectivity index is 1.50. The fourth-order valence-corrected chi connectivity index (χ4v) is 3.50. The number of likely N-dealkylation sites (tertiary alicyclic amines) is 1. The Hall–Kier alpha value is -1.81. The first-order valence-corrected chi connectivity index (χ1v) is 8.71. The zero-order valence-corrected chi connectivity index (χ0v) is 13.4. The molecule has 1 unspecified atom stereocenters. The molecule has 3 rings (SSSR count). The quantitative estimate of drug-likeness (QED) is 0.841. The Bertz CT molecular complexity index is 582. The Morgan fingerprint density at radius 2 is 2.09 bits per heavy atom. The molecule has 0 N–H and O–H groups in total. The average Bonchev–Trinajstić information content (AvgIpc) is 3.07. The molecule has 1 aromatic carbocycles. The lowest BCUT2D eigenvalue weighted by atomic mass is 10.1. The van der Waals surface area contributed by atoms with Gasteiger partial charge in [0.25, 0.3) is 0 Å². The third kappa shape index (κ3) is 4.10. The van der Waals surface area contributed by atoms with Crippen LogP contribution in [-0.4, -0.2) is 30.0 Å². The van der Waals surface area contributed by atoms with Crippen LogP contribution in [0.5, 0.6) is 5.75 Å². The molecule has 1 amide bonds. The van der Waals surface area contributed by atoms with Gasteiger partial charge in [0.05, 0.1) is 6.54 Å². The van der Waals surface area contributed by atoms with E-state index in [2.05, 4.69) is 11.4 Å². The number of para-hydroxylation sites is 1. The number of ether oxygens (including phenoxy) is 1. The summed E-state index contributed by atoms with van der Waals surface area (Å²) >= 11 is 1.72. The van der Waals surface area contributed by atoms with Crippen LogP contribution < -0.4 is 4.74 Å². The number of piperidine rings is 1. The molecule has 1 aliphatic rings. The van der Waals surface area contributed by atoms with Crippen molar-refractivity contribution >= 4 is 17.2 Å². The molecule has 116 valence electrons. The molecule has 1 aliphatic heterocycles. The molecular weight excluding hydrogens is 294 g/mol. The molecule has 4 heteroatoms. The summed E-state index contributed by atoms with van der Waals surface area (Å²) in [6.07, 6.45) is 3.59. The van der Waals surface area contributed by atoms with Crippen molar-refractivity contribution in [3.8, 4) is 5.75 Å². The van der Waals surface area contributed by atoms with Gasteiger partial charge in [-0.25, -0.2) is 0 Å². The third-order valence-corrected chi connectivity index (χ3v) is 4.88. The van der Waals surface area contributed by atoms with E-state index in [9.17, 15) is 4.79 Å². The molecule has 1 saturated heterocycles. The lowest BCUT2D eigenvalue weighted by Gasteiger charge is -2.33. The lowest BCUT2D eigenvalue weighted by Crippen LogP contribution is -2.44. The van der Waals surface area contributed by atoms with Crippen molar-refractivity contribution in [1.82, 2.24) is 4.90 Å². The number of nitrogens with zero attached hydrogens (tertiary/aromatic N) is 1. The van der Waals surface area contributed by atoms with Gasteiger partial charge in [-0.1, -0.05) is 24.3 Å². The normalized spacial score (nSPS) is 18.2. The second-order valence-electron chi connectivity index (χ2n) is 5.61. The van der Waals surface area contributed by atoms with Crippen LogP contribution in [0.3, 0.4) is 0 Å². The van der Waals surface area contributed by atoms with Gasteiger partial charge in [-0.05, 0) is 42.8 Å². The summed E-state index contributed by atoms with van der Waals surface area (Å²) in [4.78, 5) is 15.6. The van der Waals surface area contributed by atoms with Gasteiger partial charge in [0, 0.05) is 17.8 Å². The van der Waals surface area contributed by atoms with E-state index >= 15 is 0 Å². The van der Waals surface area contributed by atoms with Gasteiger partial charge in [0.2, 0.25) is 5.91 Å². The number of benzene rings is 1. The molecular formula is C18H21NO2S. The largest absolute Gasteiger partial charge is 0.489 e. The Kier molecular flexibility index (Phi) is 5.11. The number of rotatable bonds is 5. The van der Waals surface area contributed by atoms with Crippen LogP contribution in [0.25, 0.3) is 0 Å². The SMILES string of the molecule is O=C(CCc1cccs1)N1CCCC(Oc2ccccc2)C1. The monoisotopic (exact) mass is 315 g/mol. The maximum Gasteiger partial charge on any atom is 0.223 e. The first-order chi connectivity index (χ1) is 10.8. The van der Waals surface area contributed by atoms with Gasteiger partial charge < -0.3 is 9.64 Å². The highest BCUT2D eigenvalue weighted by Gasteiger charge is 2.24. The van der Waals surface area contributed by atoms with Crippen LogP contribution in [-0.2, 0) is 11.2 Å². The first kappa shape index (κ1) is 15.1. The molecule has 2 heterocycles. The minimum Gasteiger partial charge on any atom is -0.489 e. The predicted molar refractivity (Wildman–Crippen MR) is 89.3 cm³/mol. The summed E-state index contributed by atoms with van der Waals surface area (Å²) in [5.74, 6) is 1.13. The molecule has 0 radical (unpaired) electrons. The number of carbonyl (C=O) groups excluding carboxylic acids is 1. The van der Waals surface area contributed by atoms with E-state index in [1.54, 1.807) is 11.3 Å². The van der Waals surface area contributed by atoms with Crippen molar-refractivity contribution in [1.29, 1.82) is 0 Å². The molecule has 0 bridgehead atoms. The predicted octanol–water partition coefficient (Wildman–Crippen LogP) is 3.75. The molecule has 1 fully saturated rings. The van der Waals surface area contributed by atoms with E-state index in [1.807, 2.05) is 41.3 Å². The maximum absolute atomic E-state index is 12.4. The summed E-state index contributed by atoms with van der Waals surface area (Å²) < 4.78 is 5.99. The van der Waals surface area contributed by atoms with Crippen molar-refractivity contribution in [2.45, 2.75) is 31.8 Å². The topological polar surface area (TPSA) is 29.5 Å². The average molecular weight is 315 g/mol. The number of amides is 1. The van der Waals surface area contributed by atoms with E-state index in [0.717, 1.165) is 31.6 Å². The Morgan fingerprint density at radius 3 is 2.86 bits per heavy atom. The zero-order valence-electron chi connectivity index (χ0n) is 12.6. The Morgan fingerprint density at radius 1 is 1.23 bits per heavy atom. The molecule has 0 spiro atoms. The van der Waals surface area contributed by atoms with Gasteiger partial charge in [0.15, 0.2) is 0 Å². The molecule has 0 saturated carbocycles. The summed E-state index contributed by atoms with van der Waals surface area (Å²) in [5.41, 5.74) is 0. The van der Waals surface area contributed by atoms with Gasteiger partial charge >= 0.3 is 0 Å². The maximum atomic E-state index is 12.4. The molecule has 1 atom stereocenters. The van der Waals surface area contributed by atoms with Gasteiger partial charge in [-0.3, -0.25) is 4.79 Å². The standard InChI is InChI=1S/C18H21NO2S/c20-18(11-10-17-9-5-13-22-17)19-12-4-8-16(14-19)21-15-6-2-1-3-7-15/h1-3,5-7,9,13,16H,4,8,10-12,14H2.